The molecule has 2 unspecified atom stereocenters. The van der Waals surface area contributed by atoms with Crippen molar-refractivity contribution in [1.29, 1.82) is 0 Å². The molecule has 0 saturated carbocycles. The summed E-state index contributed by atoms with van der Waals surface area (Å²) in [6.45, 7) is 9.56. The molecule has 0 radical (unpaired) electrons. The van der Waals surface area contributed by atoms with Crippen LogP contribution in [0.1, 0.15) is 414 Å². The molecule has 0 aliphatic carbocycles. The third-order valence-corrected chi connectivity index (χ3v) is 20.4. The van der Waals surface area contributed by atoms with E-state index in [1.807, 2.05) is 0 Å². The summed E-state index contributed by atoms with van der Waals surface area (Å²) in [4.78, 5) is 72.9. The molecule has 5 atom stereocenters. The molecule has 0 aromatic carbocycles. The highest BCUT2D eigenvalue weighted by Crippen LogP contribution is 2.45. The van der Waals surface area contributed by atoms with Gasteiger partial charge in [0.15, 0.2) is 12.2 Å². The van der Waals surface area contributed by atoms with Crippen LogP contribution in [0.5, 0.6) is 0 Å². The monoisotopic (exact) mass is 1440 g/mol. The Hall–Kier alpha value is -1.94. The SMILES string of the molecule is CCCCCCCCCCCCCCCCCCCCCC(=O)O[C@H](COC(=O)CCCCCCCCCCCCCCCCCC(C)C)COP(=O)(O)OC[C@@H](O)COP(=O)(O)OC[C@@H](COC(=O)CCCCCCCCC(C)C)OC(=O)CCCCCCCCCCCCCC. The van der Waals surface area contributed by atoms with Crippen LogP contribution in [-0.4, -0.2) is 96.7 Å². The molecule has 582 valence electrons. The zero-order valence-corrected chi connectivity index (χ0v) is 65.9. The van der Waals surface area contributed by atoms with Gasteiger partial charge in [-0.15, -0.1) is 0 Å². The fourth-order valence-corrected chi connectivity index (χ4v) is 13.8. The fraction of sp³-hybridized carbons (Fsp3) is 0.949. The number of carbonyl (C=O) groups excluding carboxylic acids is 4. The number of phosphoric acid groups is 2. The van der Waals surface area contributed by atoms with Crippen molar-refractivity contribution in [2.45, 2.75) is 432 Å². The Kier molecular flexibility index (Phi) is 69.3. The predicted octanol–water partition coefficient (Wildman–Crippen LogP) is 23.5. The second kappa shape index (κ2) is 70.7. The standard InChI is InChI=1S/C79H154O17P2/c1-7-9-11-13-15-17-19-21-22-23-24-25-28-32-36-40-44-52-58-64-79(84)95-74(67-89-76(81)61-55-49-42-38-35-31-29-26-27-30-33-37-41-47-53-59-71(3)4)69-93-97(85,86)91-65-73(80)66-92-98(87,88)94-70-75(68-90-77(82)62-56-50-46-45-48-54-60-72(5)6)96-78(83)63-57-51-43-39-34-20-18-16-14-12-10-8-2/h71-75,80H,7-70H2,1-6H3,(H,85,86)(H,87,88)/t73-,74-,75-/m1/s1. The molecule has 0 spiro atoms. The first kappa shape index (κ1) is 96.1. The lowest BCUT2D eigenvalue weighted by molar-refractivity contribution is -0.161. The van der Waals surface area contributed by atoms with Crippen molar-refractivity contribution >= 4 is 39.5 Å². The molecule has 0 aliphatic rings. The summed E-state index contributed by atoms with van der Waals surface area (Å²) in [6.07, 6.45) is 59.8. The molecule has 0 aliphatic heterocycles. The van der Waals surface area contributed by atoms with Gasteiger partial charge in [0.05, 0.1) is 26.4 Å². The van der Waals surface area contributed by atoms with E-state index in [2.05, 4.69) is 41.5 Å². The Morgan fingerprint density at radius 2 is 0.469 bits per heavy atom. The minimum Gasteiger partial charge on any atom is -0.462 e. The summed E-state index contributed by atoms with van der Waals surface area (Å²) < 4.78 is 68.6. The topological polar surface area (TPSA) is 237 Å². The van der Waals surface area contributed by atoms with E-state index in [0.717, 1.165) is 102 Å². The van der Waals surface area contributed by atoms with Crippen LogP contribution in [-0.2, 0) is 65.4 Å². The van der Waals surface area contributed by atoms with Crippen molar-refractivity contribution in [3.63, 3.8) is 0 Å². The predicted molar refractivity (Wildman–Crippen MR) is 400 cm³/mol. The number of aliphatic hydroxyl groups excluding tert-OH is 1. The van der Waals surface area contributed by atoms with Gasteiger partial charge < -0.3 is 33.8 Å². The maximum atomic E-state index is 13.1. The van der Waals surface area contributed by atoms with E-state index >= 15 is 0 Å². The minimum absolute atomic E-state index is 0.106. The summed E-state index contributed by atoms with van der Waals surface area (Å²) in [5.41, 5.74) is 0. The third kappa shape index (κ3) is 72.4. The van der Waals surface area contributed by atoms with E-state index < -0.39 is 97.5 Å². The Morgan fingerprint density at radius 3 is 0.694 bits per heavy atom. The number of aliphatic hydroxyl groups is 1. The Morgan fingerprint density at radius 1 is 0.276 bits per heavy atom. The lowest BCUT2D eigenvalue weighted by atomic mass is 10.0. The van der Waals surface area contributed by atoms with Crippen molar-refractivity contribution in [2.24, 2.45) is 11.8 Å². The minimum atomic E-state index is -4.96. The highest BCUT2D eigenvalue weighted by Gasteiger charge is 2.30. The smallest absolute Gasteiger partial charge is 0.462 e. The van der Waals surface area contributed by atoms with Crippen LogP contribution < -0.4 is 0 Å². The van der Waals surface area contributed by atoms with Crippen LogP contribution in [0.3, 0.4) is 0 Å². The number of esters is 4. The van der Waals surface area contributed by atoms with Crippen LogP contribution in [0.15, 0.2) is 0 Å². The lowest BCUT2D eigenvalue weighted by Crippen LogP contribution is -2.30. The van der Waals surface area contributed by atoms with Crippen LogP contribution >= 0.6 is 15.6 Å². The zero-order valence-electron chi connectivity index (χ0n) is 64.1. The number of rotatable bonds is 78. The molecular weight excluding hydrogens is 1280 g/mol. The third-order valence-electron chi connectivity index (χ3n) is 18.5. The van der Waals surface area contributed by atoms with Crippen molar-refractivity contribution in [3.8, 4) is 0 Å². The molecule has 0 bridgehead atoms. The normalized spacial score (nSPS) is 13.9. The van der Waals surface area contributed by atoms with E-state index in [4.69, 9.17) is 37.0 Å². The summed E-state index contributed by atoms with van der Waals surface area (Å²) in [7, 11) is -9.91. The number of carbonyl (C=O) groups is 4. The molecule has 0 fully saturated rings. The molecule has 0 heterocycles. The number of unbranched alkanes of at least 4 members (excludes halogenated alkanes) is 48. The largest absolute Gasteiger partial charge is 0.472 e. The zero-order chi connectivity index (χ0) is 72.1. The molecule has 3 N–H and O–H groups in total. The summed E-state index contributed by atoms with van der Waals surface area (Å²) >= 11 is 0. The van der Waals surface area contributed by atoms with Gasteiger partial charge in [-0.25, -0.2) is 9.13 Å². The summed E-state index contributed by atoms with van der Waals surface area (Å²) in [5.74, 6) is -0.627. The quantitative estimate of drug-likeness (QED) is 0.0222. The van der Waals surface area contributed by atoms with Crippen LogP contribution in [0.25, 0.3) is 0 Å². The van der Waals surface area contributed by atoms with Gasteiger partial charge in [0, 0.05) is 25.7 Å². The average molecular weight is 1440 g/mol. The van der Waals surface area contributed by atoms with Gasteiger partial charge >= 0.3 is 39.5 Å². The second-order valence-electron chi connectivity index (χ2n) is 29.4. The molecule has 0 amide bonds. The summed E-state index contributed by atoms with van der Waals surface area (Å²) in [5, 5.41) is 10.6. The number of hydrogen-bond donors (Lipinski definition) is 3. The molecular formula is C79H154O17P2. The van der Waals surface area contributed by atoms with Crippen molar-refractivity contribution in [1.82, 2.24) is 0 Å². The van der Waals surface area contributed by atoms with E-state index in [0.29, 0.717) is 31.6 Å². The molecule has 17 nitrogen and oxygen atoms in total. The Balaban J connectivity index is 5.21. The first-order valence-electron chi connectivity index (χ1n) is 41.0. The van der Waals surface area contributed by atoms with Gasteiger partial charge in [-0.1, -0.05) is 363 Å². The van der Waals surface area contributed by atoms with E-state index in [9.17, 15) is 43.2 Å². The highest BCUT2D eigenvalue weighted by molar-refractivity contribution is 7.47. The Labute approximate surface area is 600 Å². The van der Waals surface area contributed by atoms with Gasteiger partial charge in [0.25, 0.3) is 0 Å². The van der Waals surface area contributed by atoms with E-state index in [1.54, 1.807) is 0 Å². The first-order valence-corrected chi connectivity index (χ1v) is 44.0. The van der Waals surface area contributed by atoms with Gasteiger partial charge in [0.1, 0.15) is 19.3 Å². The first-order chi connectivity index (χ1) is 47.4. The number of ether oxygens (including phenoxy) is 4. The fourth-order valence-electron chi connectivity index (χ4n) is 12.2. The van der Waals surface area contributed by atoms with Crippen molar-refractivity contribution < 1.29 is 80.2 Å². The molecule has 98 heavy (non-hydrogen) atoms. The van der Waals surface area contributed by atoms with Crippen molar-refractivity contribution in [2.75, 3.05) is 39.6 Å². The highest BCUT2D eigenvalue weighted by atomic mass is 31.2. The molecule has 0 rings (SSSR count). The Bertz CT molecular complexity index is 1890. The van der Waals surface area contributed by atoms with Crippen LogP contribution in [0.4, 0.5) is 0 Å². The number of hydrogen-bond acceptors (Lipinski definition) is 15. The van der Waals surface area contributed by atoms with Gasteiger partial charge in [0.2, 0.25) is 0 Å². The average Bonchev–Trinajstić information content (AvgIpc) is 1.40. The van der Waals surface area contributed by atoms with Gasteiger partial charge in [-0.3, -0.25) is 37.3 Å². The molecule has 0 saturated heterocycles. The lowest BCUT2D eigenvalue weighted by Gasteiger charge is -2.21. The number of phosphoric ester groups is 2. The molecule has 0 aromatic heterocycles. The van der Waals surface area contributed by atoms with E-state index in [-0.39, 0.29) is 25.7 Å². The maximum Gasteiger partial charge on any atom is 0.472 e. The second-order valence-corrected chi connectivity index (χ2v) is 32.3. The van der Waals surface area contributed by atoms with Gasteiger partial charge in [-0.05, 0) is 37.5 Å². The molecule has 0 aromatic rings. The van der Waals surface area contributed by atoms with Crippen LogP contribution in [0, 0.1) is 11.8 Å². The molecule has 19 heteroatoms. The van der Waals surface area contributed by atoms with Crippen molar-refractivity contribution in [3.05, 3.63) is 0 Å². The summed E-state index contributed by atoms with van der Waals surface area (Å²) in [6, 6.07) is 0. The van der Waals surface area contributed by atoms with Crippen LogP contribution in [0.2, 0.25) is 0 Å². The maximum absolute atomic E-state index is 13.1. The van der Waals surface area contributed by atoms with E-state index in [1.165, 1.54) is 225 Å². The van der Waals surface area contributed by atoms with Gasteiger partial charge in [-0.2, -0.15) is 0 Å².